The average Bonchev–Trinajstić information content (AvgIpc) is 2.16. The lowest BCUT2D eigenvalue weighted by atomic mass is 10.1. The molecule has 0 heterocycles. The van der Waals surface area contributed by atoms with Gasteiger partial charge in [-0.15, -0.1) is 0 Å². The number of phenolic OH excluding ortho intramolecular Hbond substituents is 2. The molecule has 0 bridgehead atoms. The van der Waals surface area contributed by atoms with Crippen molar-refractivity contribution >= 4 is 5.91 Å². The van der Waals surface area contributed by atoms with Crippen molar-refractivity contribution in [1.29, 1.82) is 0 Å². The number of nitrogens with one attached hydrogen (secondary N) is 1. The molecule has 0 aliphatic heterocycles. The van der Waals surface area contributed by atoms with E-state index in [4.69, 9.17) is 0 Å². The summed E-state index contributed by atoms with van der Waals surface area (Å²) in [6.07, 6.45) is 0. The Bertz CT molecular complexity index is 357. The van der Waals surface area contributed by atoms with Gasteiger partial charge in [0.2, 0.25) is 0 Å². The normalized spacial score (nSPS) is 10.4. The molecule has 0 radical (unpaired) electrons. The average molecular weight is 224 g/mol. The summed E-state index contributed by atoms with van der Waals surface area (Å²) in [5.74, 6) is -0.915. The second-order valence-electron chi connectivity index (χ2n) is 3.73. The van der Waals surface area contributed by atoms with Gasteiger partial charge >= 0.3 is 0 Å². The van der Waals surface area contributed by atoms with Crippen LogP contribution in [0.1, 0.15) is 10.4 Å². The van der Waals surface area contributed by atoms with Crippen LogP contribution >= 0.6 is 0 Å². The van der Waals surface area contributed by atoms with E-state index in [1.165, 1.54) is 18.2 Å². The molecular formula is C11H16N2O3. The summed E-state index contributed by atoms with van der Waals surface area (Å²) in [4.78, 5) is 13.5. The Morgan fingerprint density at radius 1 is 1.31 bits per heavy atom. The third-order valence-corrected chi connectivity index (χ3v) is 2.09. The van der Waals surface area contributed by atoms with E-state index in [1.54, 1.807) is 0 Å². The highest BCUT2D eigenvalue weighted by molar-refractivity contribution is 5.99. The number of carbonyl (C=O) groups excluding carboxylic acids is 1. The van der Waals surface area contributed by atoms with E-state index in [0.29, 0.717) is 13.1 Å². The van der Waals surface area contributed by atoms with Crippen LogP contribution in [0.4, 0.5) is 0 Å². The molecular weight excluding hydrogens is 208 g/mol. The van der Waals surface area contributed by atoms with Crippen LogP contribution in [0.25, 0.3) is 0 Å². The number of hydrogen-bond acceptors (Lipinski definition) is 4. The van der Waals surface area contributed by atoms with Crippen LogP contribution in [0.5, 0.6) is 11.5 Å². The van der Waals surface area contributed by atoms with Gasteiger partial charge in [-0.05, 0) is 26.2 Å². The third kappa shape index (κ3) is 3.13. The molecule has 0 aromatic heterocycles. The van der Waals surface area contributed by atoms with E-state index in [9.17, 15) is 15.0 Å². The highest BCUT2D eigenvalue weighted by Crippen LogP contribution is 2.25. The quantitative estimate of drug-likeness (QED) is 0.691. The molecule has 3 N–H and O–H groups in total. The van der Waals surface area contributed by atoms with Crippen LogP contribution in [-0.4, -0.2) is 48.2 Å². The predicted molar refractivity (Wildman–Crippen MR) is 60.7 cm³/mol. The Kier molecular flexibility index (Phi) is 4.13. The molecule has 0 saturated carbocycles. The van der Waals surface area contributed by atoms with E-state index in [-0.39, 0.29) is 17.1 Å². The predicted octanol–water partition coefficient (Wildman–Crippen LogP) is 0.389. The van der Waals surface area contributed by atoms with E-state index in [1.807, 2.05) is 19.0 Å². The van der Waals surface area contributed by atoms with Crippen molar-refractivity contribution in [3.8, 4) is 11.5 Å². The molecule has 1 aromatic rings. The van der Waals surface area contributed by atoms with Gasteiger partial charge in [0.15, 0.2) is 0 Å². The number of benzene rings is 1. The maximum absolute atomic E-state index is 11.6. The second-order valence-corrected chi connectivity index (χ2v) is 3.73. The lowest BCUT2D eigenvalue weighted by Crippen LogP contribution is -2.31. The number of aromatic hydroxyl groups is 2. The number of hydrogen-bond donors (Lipinski definition) is 3. The summed E-state index contributed by atoms with van der Waals surface area (Å²) in [6, 6.07) is 4.20. The summed E-state index contributed by atoms with van der Waals surface area (Å²) < 4.78 is 0. The summed E-state index contributed by atoms with van der Waals surface area (Å²) >= 11 is 0. The van der Waals surface area contributed by atoms with Crippen molar-refractivity contribution in [3.63, 3.8) is 0 Å². The maximum Gasteiger partial charge on any atom is 0.258 e. The molecule has 0 spiro atoms. The molecule has 5 heteroatoms. The maximum atomic E-state index is 11.6. The van der Waals surface area contributed by atoms with Gasteiger partial charge in [-0.3, -0.25) is 4.79 Å². The van der Waals surface area contributed by atoms with Crippen LogP contribution in [0.3, 0.4) is 0 Å². The van der Waals surface area contributed by atoms with Gasteiger partial charge in [-0.25, -0.2) is 0 Å². The summed E-state index contributed by atoms with van der Waals surface area (Å²) in [5, 5.41) is 21.5. The molecule has 0 atom stereocenters. The van der Waals surface area contributed by atoms with Gasteiger partial charge in [0.05, 0.1) is 0 Å². The lowest BCUT2D eigenvalue weighted by molar-refractivity contribution is 0.0945. The first-order valence-corrected chi connectivity index (χ1v) is 4.96. The molecule has 1 aromatic carbocycles. The van der Waals surface area contributed by atoms with Crippen LogP contribution in [0.15, 0.2) is 18.2 Å². The van der Waals surface area contributed by atoms with Gasteiger partial charge in [-0.2, -0.15) is 0 Å². The first kappa shape index (κ1) is 12.3. The van der Waals surface area contributed by atoms with Crippen LogP contribution in [0, 0.1) is 0 Å². The molecule has 16 heavy (non-hydrogen) atoms. The van der Waals surface area contributed by atoms with Crippen molar-refractivity contribution in [3.05, 3.63) is 23.8 Å². The fourth-order valence-electron chi connectivity index (χ4n) is 1.24. The van der Waals surface area contributed by atoms with Crippen LogP contribution in [0.2, 0.25) is 0 Å². The number of carbonyl (C=O) groups is 1. The number of likely N-dealkylation sites (N-methyl/N-ethyl adjacent to an activating group) is 1. The zero-order valence-electron chi connectivity index (χ0n) is 9.40. The number of rotatable bonds is 4. The minimum Gasteiger partial charge on any atom is -0.507 e. The fraction of sp³-hybridized carbons (Fsp3) is 0.364. The highest BCUT2D eigenvalue weighted by atomic mass is 16.3. The number of nitrogens with zero attached hydrogens (tertiary/aromatic N) is 1. The van der Waals surface area contributed by atoms with Gasteiger partial charge in [0.1, 0.15) is 17.1 Å². The molecule has 0 saturated heterocycles. The third-order valence-electron chi connectivity index (χ3n) is 2.09. The van der Waals surface area contributed by atoms with Crippen LogP contribution < -0.4 is 5.32 Å². The smallest absolute Gasteiger partial charge is 0.258 e. The largest absolute Gasteiger partial charge is 0.507 e. The molecule has 0 unspecified atom stereocenters. The van der Waals surface area contributed by atoms with E-state index in [0.717, 1.165) is 0 Å². The first-order valence-electron chi connectivity index (χ1n) is 4.96. The Labute approximate surface area is 94.3 Å². The van der Waals surface area contributed by atoms with E-state index < -0.39 is 5.91 Å². The Morgan fingerprint density at radius 2 is 1.88 bits per heavy atom. The lowest BCUT2D eigenvalue weighted by Gasteiger charge is -2.11. The van der Waals surface area contributed by atoms with Crippen molar-refractivity contribution in [1.82, 2.24) is 10.2 Å². The molecule has 1 rings (SSSR count). The fourth-order valence-corrected chi connectivity index (χ4v) is 1.24. The summed E-state index contributed by atoms with van der Waals surface area (Å²) in [7, 11) is 3.78. The molecule has 0 aliphatic rings. The monoisotopic (exact) mass is 224 g/mol. The zero-order chi connectivity index (χ0) is 12.1. The van der Waals surface area contributed by atoms with Crippen molar-refractivity contribution in [2.24, 2.45) is 0 Å². The molecule has 88 valence electrons. The van der Waals surface area contributed by atoms with Gasteiger partial charge in [0.25, 0.3) is 5.91 Å². The summed E-state index contributed by atoms with van der Waals surface area (Å²) in [5.41, 5.74) is -0.0822. The van der Waals surface area contributed by atoms with Crippen molar-refractivity contribution < 1.29 is 15.0 Å². The van der Waals surface area contributed by atoms with Crippen molar-refractivity contribution in [2.75, 3.05) is 27.2 Å². The Balaban J connectivity index is 2.66. The Hall–Kier alpha value is -1.75. The number of amides is 1. The second kappa shape index (κ2) is 5.37. The van der Waals surface area contributed by atoms with Gasteiger partial charge in [-0.1, -0.05) is 6.07 Å². The first-order chi connectivity index (χ1) is 7.52. The van der Waals surface area contributed by atoms with Gasteiger partial charge < -0.3 is 20.4 Å². The number of phenols is 2. The summed E-state index contributed by atoms with van der Waals surface area (Å²) in [6.45, 7) is 1.15. The minimum absolute atomic E-state index is 0.0822. The van der Waals surface area contributed by atoms with Crippen molar-refractivity contribution in [2.45, 2.75) is 0 Å². The van der Waals surface area contributed by atoms with Gasteiger partial charge in [0, 0.05) is 13.1 Å². The topological polar surface area (TPSA) is 72.8 Å². The molecule has 5 nitrogen and oxygen atoms in total. The molecule has 0 fully saturated rings. The highest BCUT2D eigenvalue weighted by Gasteiger charge is 2.15. The standard InChI is InChI=1S/C11H16N2O3/c1-13(2)7-6-12-11(16)10-8(14)4-3-5-9(10)15/h3-5,14-15H,6-7H2,1-2H3,(H,12,16). The van der Waals surface area contributed by atoms with Crippen LogP contribution in [-0.2, 0) is 0 Å². The SMILES string of the molecule is CN(C)CCNC(=O)c1c(O)cccc1O. The molecule has 1 amide bonds. The molecule has 0 aliphatic carbocycles. The minimum atomic E-state index is -0.475. The zero-order valence-corrected chi connectivity index (χ0v) is 9.40. The van der Waals surface area contributed by atoms with E-state index >= 15 is 0 Å². The van der Waals surface area contributed by atoms with E-state index in [2.05, 4.69) is 5.32 Å². The Morgan fingerprint density at radius 3 is 2.38 bits per heavy atom.